The number of aromatic nitrogens is 2. The number of carbonyl (C=O) groups is 1. The normalized spacial score (nSPS) is 16.3. The Bertz CT molecular complexity index is 1030. The third-order valence-electron chi connectivity index (χ3n) is 5.30. The second kappa shape index (κ2) is 8.70. The summed E-state index contributed by atoms with van der Waals surface area (Å²) in [6.45, 7) is 13.7. The van der Waals surface area contributed by atoms with E-state index in [0.29, 0.717) is 11.7 Å². The first-order valence-electron chi connectivity index (χ1n) is 10.3. The van der Waals surface area contributed by atoms with Crippen molar-refractivity contribution in [3.8, 4) is 0 Å². The summed E-state index contributed by atoms with van der Waals surface area (Å²) in [6.07, 6.45) is 0. The van der Waals surface area contributed by atoms with E-state index in [4.69, 9.17) is 4.98 Å². The fourth-order valence-electron chi connectivity index (χ4n) is 3.47. The molecular weight excluding hydrogens is 414 g/mol. The Morgan fingerprint density at radius 3 is 2.57 bits per heavy atom. The van der Waals surface area contributed by atoms with E-state index in [1.807, 2.05) is 12.1 Å². The van der Waals surface area contributed by atoms with Crippen molar-refractivity contribution in [3.05, 3.63) is 39.8 Å². The highest BCUT2D eigenvalue weighted by molar-refractivity contribution is 7.22. The number of piperazine rings is 1. The van der Waals surface area contributed by atoms with Gasteiger partial charge in [-0.25, -0.2) is 9.97 Å². The van der Waals surface area contributed by atoms with Gasteiger partial charge < -0.3 is 5.32 Å². The molecule has 8 heteroatoms. The highest BCUT2D eigenvalue weighted by atomic mass is 32.1. The summed E-state index contributed by atoms with van der Waals surface area (Å²) in [5.74, 6) is 0.00831. The summed E-state index contributed by atoms with van der Waals surface area (Å²) < 4.78 is 1.11. The van der Waals surface area contributed by atoms with E-state index in [1.165, 1.54) is 27.6 Å². The van der Waals surface area contributed by atoms with Crippen molar-refractivity contribution in [2.45, 2.75) is 39.7 Å². The Morgan fingerprint density at radius 1 is 1.13 bits per heavy atom. The predicted molar refractivity (Wildman–Crippen MR) is 126 cm³/mol. The van der Waals surface area contributed by atoms with Crippen LogP contribution in [0.4, 0.5) is 5.13 Å². The zero-order chi connectivity index (χ0) is 21.3. The van der Waals surface area contributed by atoms with Crippen LogP contribution in [0.2, 0.25) is 0 Å². The molecule has 4 rings (SSSR count). The number of aryl methyl sites for hydroxylation is 1. The number of hydrogen-bond donors (Lipinski definition) is 1. The van der Waals surface area contributed by atoms with E-state index in [0.717, 1.165) is 42.9 Å². The third-order valence-corrected chi connectivity index (χ3v) is 7.07. The summed E-state index contributed by atoms with van der Waals surface area (Å²) in [5, 5.41) is 7.01. The molecule has 0 bridgehead atoms. The molecule has 2 aromatic heterocycles. The van der Waals surface area contributed by atoms with E-state index in [1.54, 1.807) is 11.3 Å². The van der Waals surface area contributed by atoms with Gasteiger partial charge in [-0.15, -0.1) is 11.3 Å². The van der Waals surface area contributed by atoms with Crippen LogP contribution in [0.15, 0.2) is 23.6 Å². The van der Waals surface area contributed by atoms with E-state index in [2.05, 4.69) is 59.2 Å². The average molecular weight is 444 g/mol. The predicted octanol–water partition coefficient (Wildman–Crippen LogP) is 4.12. The maximum atomic E-state index is 12.5. The zero-order valence-electron chi connectivity index (χ0n) is 18.1. The lowest BCUT2D eigenvalue weighted by molar-refractivity contribution is -0.117. The van der Waals surface area contributed by atoms with Crippen LogP contribution in [-0.2, 0) is 16.8 Å². The second-order valence-electron chi connectivity index (χ2n) is 8.97. The Hall–Kier alpha value is -1.87. The maximum absolute atomic E-state index is 12.5. The largest absolute Gasteiger partial charge is 0.301 e. The van der Waals surface area contributed by atoms with Crippen LogP contribution in [0, 0.1) is 6.92 Å². The molecule has 1 N–H and O–H groups in total. The number of nitrogens with one attached hydrogen (secondary N) is 1. The molecule has 6 nitrogen and oxygen atoms in total. The molecule has 30 heavy (non-hydrogen) atoms. The molecule has 160 valence electrons. The Kier molecular flexibility index (Phi) is 6.20. The number of amides is 1. The van der Waals surface area contributed by atoms with Gasteiger partial charge in [0, 0.05) is 37.0 Å². The summed E-state index contributed by atoms with van der Waals surface area (Å²) in [5.41, 5.74) is 3.41. The highest BCUT2D eigenvalue weighted by Crippen LogP contribution is 2.27. The molecule has 1 fully saturated rings. The number of nitrogens with zero attached hydrogens (tertiary/aromatic N) is 4. The summed E-state index contributed by atoms with van der Waals surface area (Å²) in [6, 6.07) is 6.15. The van der Waals surface area contributed by atoms with Gasteiger partial charge in [-0.2, -0.15) is 0 Å². The lowest BCUT2D eigenvalue weighted by atomic mass is 9.93. The molecule has 0 aliphatic carbocycles. The van der Waals surface area contributed by atoms with Crippen molar-refractivity contribution >= 4 is 43.9 Å². The standard InChI is InChI=1S/C22H29N5OS2/c1-15-5-6-16-17(11-15)30-21(23-16)25-19(28)12-26-7-9-27(10-8-26)13-20-24-18(14-29-20)22(2,3)4/h5-6,11,14H,7-10,12-13H2,1-4H3,(H,23,25,28). The number of thiazole rings is 2. The molecule has 1 aromatic carbocycles. The van der Waals surface area contributed by atoms with Crippen LogP contribution in [-0.4, -0.2) is 58.4 Å². The van der Waals surface area contributed by atoms with Crippen molar-refractivity contribution in [3.63, 3.8) is 0 Å². The lowest BCUT2D eigenvalue weighted by Crippen LogP contribution is -2.48. The van der Waals surface area contributed by atoms with E-state index in [9.17, 15) is 4.79 Å². The fraction of sp³-hybridized carbons (Fsp3) is 0.500. The van der Waals surface area contributed by atoms with E-state index in [-0.39, 0.29) is 11.3 Å². The number of hydrogen-bond acceptors (Lipinski definition) is 7. The molecule has 1 saturated heterocycles. The first-order chi connectivity index (χ1) is 14.3. The molecule has 0 unspecified atom stereocenters. The summed E-state index contributed by atoms with van der Waals surface area (Å²) in [4.78, 5) is 26.5. The molecule has 0 spiro atoms. The van der Waals surface area contributed by atoms with Crippen LogP contribution in [0.25, 0.3) is 10.2 Å². The van der Waals surface area contributed by atoms with Gasteiger partial charge in [-0.1, -0.05) is 38.2 Å². The molecule has 0 radical (unpaired) electrons. The van der Waals surface area contributed by atoms with Crippen molar-refractivity contribution in [1.29, 1.82) is 0 Å². The molecule has 3 heterocycles. The van der Waals surface area contributed by atoms with Gasteiger partial charge in [-0.05, 0) is 24.6 Å². The fourth-order valence-corrected chi connectivity index (χ4v) is 5.51. The monoisotopic (exact) mass is 443 g/mol. The SMILES string of the molecule is Cc1ccc2nc(NC(=O)CN3CCN(Cc4nc(C(C)(C)C)cs4)CC3)sc2c1. The number of anilines is 1. The summed E-state index contributed by atoms with van der Waals surface area (Å²) >= 11 is 3.28. The molecule has 1 aliphatic rings. The molecule has 0 saturated carbocycles. The Balaban J connectivity index is 1.25. The number of fused-ring (bicyclic) bond motifs is 1. The van der Waals surface area contributed by atoms with Crippen LogP contribution < -0.4 is 5.32 Å². The zero-order valence-corrected chi connectivity index (χ0v) is 19.7. The van der Waals surface area contributed by atoms with Gasteiger partial charge in [0.1, 0.15) is 5.01 Å². The molecule has 1 aliphatic heterocycles. The van der Waals surface area contributed by atoms with Crippen molar-refractivity contribution in [1.82, 2.24) is 19.8 Å². The minimum Gasteiger partial charge on any atom is -0.301 e. The quantitative estimate of drug-likeness (QED) is 0.643. The number of rotatable bonds is 5. The first-order valence-corrected chi connectivity index (χ1v) is 12.0. The van der Waals surface area contributed by atoms with Crippen LogP contribution >= 0.6 is 22.7 Å². The Labute approximate surface area is 185 Å². The minimum atomic E-state index is 0.00831. The molecule has 3 aromatic rings. The van der Waals surface area contributed by atoms with Gasteiger partial charge in [0.25, 0.3) is 0 Å². The molecular formula is C22H29N5OS2. The topological polar surface area (TPSA) is 61.4 Å². The highest BCUT2D eigenvalue weighted by Gasteiger charge is 2.22. The molecule has 0 atom stereocenters. The van der Waals surface area contributed by atoms with E-state index < -0.39 is 0 Å². The Morgan fingerprint density at radius 2 is 1.87 bits per heavy atom. The second-order valence-corrected chi connectivity index (χ2v) is 10.9. The third kappa shape index (κ3) is 5.24. The van der Waals surface area contributed by atoms with Crippen molar-refractivity contribution in [2.24, 2.45) is 0 Å². The van der Waals surface area contributed by atoms with Gasteiger partial charge in [-0.3, -0.25) is 14.6 Å². The van der Waals surface area contributed by atoms with Gasteiger partial charge in [0.05, 0.1) is 29.0 Å². The van der Waals surface area contributed by atoms with E-state index >= 15 is 0 Å². The number of carbonyl (C=O) groups excluding carboxylic acids is 1. The molecule has 1 amide bonds. The summed E-state index contributed by atoms with van der Waals surface area (Å²) in [7, 11) is 0. The smallest absolute Gasteiger partial charge is 0.240 e. The van der Waals surface area contributed by atoms with Crippen molar-refractivity contribution in [2.75, 3.05) is 38.0 Å². The van der Waals surface area contributed by atoms with Crippen molar-refractivity contribution < 1.29 is 4.79 Å². The number of benzene rings is 1. The van der Waals surface area contributed by atoms with Gasteiger partial charge in [0.15, 0.2) is 5.13 Å². The minimum absolute atomic E-state index is 0.00831. The van der Waals surface area contributed by atoms with Gasteiger partial charge >= 0.3 is 0 Å². The average Bonchev–Trinajstić information content (AvgIpc) is 3.29. The van der Waals surface area contributed by atoms with Gasteiger partial charge in [0.2, 0.25) is 5.91 Å². The van der Waals surface area contributed by atoms with Crippen LogP contribution in [0.1, 0.15) is 37.0 Å². The van der Waals surface area contributed by atoms with Crippen LogP contribution in [0.5, 0.6) is 0 Å². The lowest BCUT2D eigenvalue weighted by Gasteiger charge is -2.33. The maximum Gasteiger partial charge on any atom is 0.240 e. The van der Waals surface area contributed by atoms with Crippen LogP contribution in [0.3, 0.4) is 0 Å². The first kappa shape index (κ1) is 21.4.